The van der Waals surface area contributed by atoms with Crippen molar-refractivity contribution in [3.63, 3.8) is 0 Å². The van der Waals surface area contributed by atoms with Crippen LogP contribution in [0, 0.1) is 0 Å². The van der Waals surface area contributed by atoms with Gasteiger partial charge >= 0.3 is 0 Å². The first-order valence-electron chi connectivity index (χ1n) is 13.2. The van der Waals surface area contributed by atoms with Crippen molar-refractivity contribution >= 4 is 41.7 Å². The highest BCUT2D eigenvalue weighted by Crippen LogP contribution is 2.39. The Labute approximate surface area is 231 Å². The Hall–Kier alpha value is -2.25. The zero-order valence-corrected chi connectivity index (χ0v) is 23.1. The number of hydrogen-bond acceptors (Lipinski definition) is 5. The molecule has 1 amide bonds. The quantitative estimate of drug-likeness (QED) is 0.420. The molecule has 2 fully saturated rings. The Morgan fingerprint density at radius 1 is 1.05 bits per heavy atom. The number of carbonyl (C=O) groups excluding carboxylic acids is 1. The van der Waals surface area contributed by atoms with Crippen LogP contribution in [0.1, 0.15) is 36.8 Å². The van der Waals surface area contributed by atoms with Crippen LogP contribution in [0.3, 0.4) is 0 Å². The zero-order chi connectivity index (χ0) is 24.9. The van der Waals surface area contributed by atoms with E-state index in [2.05, 4.69) is 9.80 Å². The topological polar surface area (TPSA) is 45.3 Å². The number of nitrogens with zero attached hydrogens (tertiary/aromatic N) is 3. The molecular formula is C29H37Cl2N3O3. The molecule has 2 aromatic carbocycles. The molecule has 0 bridgehead atoms. The lowest BCUT2D eigenvalue weighted by Crippen LogP contribution is -2.44. The third kappa shape index (κ3) is 6.61. The van der Waals surface area contributed by atoms with Gasteiger partial charge in [-0.25, -0.2) is 0 Å². The molecule has 0 unspecified atom stereocenters. The van der Waals surface area contributed by atoms with E-state index in [0.29, 0.717) is 23.9 Å². The molecule has 0 N–H and O–H groups in total. The van der Waals surface area contributed by atoms with Gasteiger partial charge in [-0.3, -0.25) is 9.69 Å². The molecule has 6 nitrogen and oxygen atoms in total. The van der Waals surface area contributed by atoms with Crippen molar-refractivity contribution in [3.05, 3.63) is 58.6 Å². The van der Waals surface area contributed by atoms with E-state index in [1.807, 2.05) is 36.4 Å². The first kappa shape index (κ1) is 27.8. The molecule has 0 radical (unpaired) electrons. The molecular weight excluding hydrogens is 509 g/mol. The number of ether oxygens (including phenoxy) is 2. The Morgan fingerprint density at radius 2 is 1.81 bits per heavy atom. The highest BCUT2D eigenvalue weighted by Gasteiger charge is 2.27. The van der Waals surface area contributed by atoms with Gasteiger partial charge in [-0.15, -0.1) is 12.4 Å². The highest BCUT2D eigenvalue weighted by molar-refractivity contribution is 6.32. The molecule has 0 aromatic heterocycles. The first-order valence-corrected chi connectivity index (χ1v) is 13.5. The van der Waals surface area contributed by atoms with Gasteiger partial charge in [0.2, 0.25) is 0 Å². The van der Waals surface area contributed by atoms with Crippen molar-refractivity contribution in [2.45, 2.75) is 38.1 Å². The van der Waals surface area contributed by atoms with E-state index in [-0.39, 0.29) is 18.3 Å². The van der Waals surface area contributed by atoms with Crippen molar-refractivity contribution in [3.8, 4) is 11.5 Å². The molecule has 3 aliphatic rings. The molecule has 200 valence electrons. The predicted molar refractivity (Wildman–Crippen MR) is 153 cm³/mol. The van der Waals surface area contributed by atoms with E-state index in [1.54, 1.807) is 24.2 Å². The first-order chi connectivity index (χ1) is 17.6. The SMILES string of the molecule is COc1cc2c(cc1OCCN1CCC(N3CCCC3)CC1)N(C(=O)/C=C/c1ccccc1Cl)CC2.Cl. The molecule has 0 atom stereocenters. The number of rotatable bonds is 8. The minimum absolute atomic E-state index is 0. The standard InChI is InChI=1S/C29H36ClN3O3.ClH/c1-35-27-20-23-10-17-33(29(34)9-8-22-6-2-3-7-25(22)30)26(23)21-28(27)36-19-18-31-15-11-24(12-16-31)32-13-4-5-14-32;/h2-3,6-9,20-21,24H,4-5,10-19H2,1H3;1H/b9-8+;. The Morgan fingerprint density at radius 3 is 2.54 bits per heavy atom. The maximum absolute atomic E-state index is 13.0. The fraction of sp³-hybridized carbons (Fsp3) is 0.483. The lowest BCUT2D eigenvalue weighted by atomic mass is 10.0. The van der Waals surface area contributed by atoms with Crippen LogP contribution in [0.15, 0.2) is 42.5 Å². The number of hydrogen-bond donors (Lipinski definition) is 0. The van der Waals surface area contributed by atoms with Gasteiger partial charge in [0.15, 0.2) is 11.5 Å². The number of methoxy groups -OCH3 is 1. The Balaban J connectivity index is 0.00000320. The molecule has 5 rings (SSSR count). The van der Waals surface area contributed by atoms with Crippen molar-refractivity contribution in [1.82, 2.24) is 9.80 Å². The number of amides is 1. The number of carbonyl (C=O) groups is 1. The summed E-state index contributed by atoms with van der Waals surface area (Å²) in [5, 5.41) is 0.629. The maximum atomic E-state index is 13.0. The van der Waals surface area contributed by atoms with Gasteiger partial charge in [0.1, 0.15) is 6.61 Å². The summed E-state index contributed by atoms with van der Waals surface area (Å²) in [5.41, 5.74) is 2.82. The minimum atomic E-state index is -0.0642. The van der Waals surface area contributed by atoms with Crippen molar-refractivity contribution < 1.29 is 14.3 Å². The fourth-order valence-electron chi connectivity index (χ4n) is 5.66. The van der Waals surface area contributed by atoms with Crippen LogP contribution < -0.4 is 14.4 Å². The molecule has 3 heterocycles. The van der Waals surface area contributed by atoms with E-state index in [4.69, 9.17) is 21.1 Å². The van der Waals surface area contributed by atoms with Gasteiger partial charge in [-0.05, 0) is 87.6 Å². The lowest BCUT2D eigenvalue weighted by molar-refractivity contribution is -0.114. The summed E-state index contributed by atoms with van der Waals surface area (Å²) in [6.07, 6.45) is 9.38. The lowest BCUT2D eigenvalue weighted by Gasteiger charge is -2.36. The summed E-state index contributed by atoms with van der Waals surface area (Å²) in [6, 6.07) is 12.2. The summed E-state index contributed by atoms with van der Waals surface area (Å²) in [5.74, 6) is 1.35. The van der Waals surface area contributed by atoms with Crippen LogP contribution in [-0.4, -0.2) is 74.7 Å². The molecule has 0 spiro atoms. The molecule has 3 aliphatic heterocycles. The second kappa shape index (κ2) is 13.0. The number of likely N-dealkylation sites (tertiary alicyclic amines) is 2. The van der Waals surface area contributed by atoms with Gasteiger partial charge < -0.3 is 19.3 Å². The predicted octanol–water partition coefficient (Wildman–Crippen LogP) is 5.31. The van der Waals surface area contributed by atoms with Crippen LogP contribution in [0.5, 0.6) is 11.5 Å². The second-order valence-corrected chi connectivity index (χ2v) is 10.3. The van der Waals surface area contributed by atoms with Gasteiger partial charge in [-0.2, -0.15) is 0 Å². The molecule has 0 aliphatic carbocycles. The Bertz CT molecular complexity index is 1100. The normalized spacial score (nSPS) is 18.7. The van der Waals surface area contributed by atoms with Crippen molar-refractivity contribution in [2.75, 3.05) is 57.9 Å². The van der Waals surface area contributed by atoms with E-state index in [9.17, 15) is 4.79 Å². The zero-order valence-electron chi connectivity index (χ0n) is 21.5. The highest BCUT2D eigenvalue weighted by atomic mass is 35.5. The second-order valence-electron chi connectivity index (χ2n) is 9.89. The average Bonchev–Trinajstić information content (AvgIpc) is 3.58. The molecule has 37 heavy (non-hydrogen) atoms. The third-order valence-corrected chi connectivity index (χ3v) is 8.06. The summed E-state index contributed by atoms with van der Waals surface area (Å²) >= 11 is 6.23. The summed E-state index contributed by atoms with van der Waals surface area (Å²) in [6.45, 7) is 6.96. The third-order valence-electron chi connectivity index (χ3n) is 7.72. The van der Waals surface area contributed by atoms with Crippen LogP contribution in [0.4, 0.5) is 5.69 Å². The van der Waals surface area contributed by atoms with Gasteiger partial charge in [-0.1, -0.05) is 29.8 Å². The van der Waals surface area contributed by atoms with E-state index in [1.165, 1.54) is 38.8 Å². The summed E-state index contributed by atoms with van der Waals surface area (Å²) in [4.78, 5) is 20.0. The molecule has 0 saturated carbocycles. The van der Waals surface area contributed by atoms with E-state index < -0.39 is 0 Å². The van der Waals surface area contributed by atoms with Crippen LogP contribution >= 0.6 is 24.0 Å². The van der Waals surface area contributed by atoms with Crippen LogP contribution in [0.2, 0.25) is 5.02 Å². The smallest absolute Gasteiger partial charge is 0.251 e. The van der Waals surface area contributed by atoms with E-state index in [0.717, 1.165) is 54.7 Å². The van der Waals surface area contributed by atoms with Gasteiger partial charge in [0.05, 0.1) is 12.8 Å². The van der Waals surface area contributed by atoms with Crippen molar-refractivity contribution in [1.29, 1.82) is 0 Å². The fourth-order valence-corrected chi connectivity index (χ4v) is 5.86. The largest absolute Gasteiger partial charge is 0.493 e. The number of anilines is 1. The molecule has 8 heteroatoms. The number of piperidine rings is 1. The number of fused-ring (bicyclic) bond motifs is 1. The molecule has 2 saturated heterocycles. The number of benzene rings is 2. The van der Waals surface area contributed by atoms with Crippen LogP contribution in [-0.2, 0) is 11.2 Å². The van der Waals surface area contributed by atoms with Crippen molar-refractivity contribution in [2.24, 2.45) is 0 Å². The van der Waals surface area contributed by atoms with Gasteiger partial charge in [0, 0.05) is 36.3 Å². The number of halogens is 2. The van der Waals surface area contributed by atoms with Gasteiger partial charge in [0.25, 0.3) is 5.91 Å². The molecule has 2 aromatic rings. The van der Waals surface area contributed by atoms with Crippen LogP contribution in [0.25, 0.3) is 6.08 Å². The average molecular weight is 547 g/mol. The summed E-state index contributed by atoms with van der Waals surface area (Å²) in [7, 11) is 1.67. The van der Waals surface area contributed by atoms with E-state index >= 15 is 0 Å². The maximum Gasteiger partial charge on any atom is 0.251 e. The summed E-state index contributed by atoms with van der Waals surface area (Å²) < 4.78 is 11.8. The Kier molecular flexibility index (Phi) is 9.77. The monoisotopic (exact) mass is 545 g/mol. The minimum Gasteiger partial charge on any atom is -0.493 e.